The average Bonchev–Trinajstić information content (AvgIpc) is 2.36. The minimum atomic E-state index is 0.206. The first-order valence-corrected chi connectivity index (χ1v) is 6.22. The molecule has 0 aliphatic carbocycles. The van der Waals surface area contributed by atoms with Gasteiger partial charge in [-0.25, -0.2) is 0 Å². The summed E-state index contributed by atoms with van der Waals surface area (Å²) in [6.45, 7) is 9.02. The number of benzene rings is 1. The molecule has 1 aromatic rings. The van der Waals surface area contributed by atoms with Gasteiger partial charge in [-0.05, 0) is 26.0 Å². The summed E-state index contributed by atoms with van der Waals surface area (Å²) in [5.74, 6) is 1.56. The minimum Gasteiger partial charge on any atom is -0.493 e. The van der Waals surface area contributed by atoms with Gasteiger partial charge in [0.25, 0.3) is 0 Å². The molecule has 1 N–H and O–H groups in total. The Balaban J connectivity index is 3.13. The third kappa shape index (κ3) is 3.50. The first kappa shape index (κ1) is 14.6. The Morgan fingerprint density at radius 3 is 2.56 bits per heavy atom. The lowest BCUT2D eigenvalue weighted by atomic mass is 9.99. The highest BCUT2D eigenvalue weighted by molar-refractivity contribution is 5.48. The molecule has 0 spiro atoms. The molecule has 0 radical (unpaired) electrons. The number of methoxy groups -OCH3 is 2. The maximum Gasteiger partial charge on any atom is 0.165 e. The number of nitrogens with one attached hydrogen (secondary N) is 1. The van der Waals surface area contributed by atoms with Crippen molar-refractivity contribution in [1.29, 1.82) is 0 Å². The maximum absolute atomic E-state index is 5.48. The minimum absolute atomic E-state index is 0.206. The van der Waals surface area contributed by atoms with Crippen LogP contribution in [0.3, 0.4) is 0 Å². The summed E-state index contributed by atoms with van der Waals surface area (Å²) in [7, 11) is 3.33. The summed E-state index contributed by atoms with van der Waals surface area (Å²) < 4.78 is 10.8. The Morgan fingerprint density at radius 2 is 2.06 bits per heavy atom. The van der Waals surface area contributed by atoms with Crippen molar-refractivity contribution in [1.82, 2.24) is 5.32 Å². The number of ether oxygens (including phenoxy) is 2. The predicted molar refractivity (Wildman–Crippen MR) is 75.4 cm³/mol. The molecule has 3 heteroatoms. The molecule has 3 nitrogen and oxygen atoms in total. The van der Waals surface area contributed by atoms with Gasteiger partial charge in [-0.15, -0.1) is 6.58 Å². The first-order chi connectivity index (χ1) is 8.63. The summed E-state index contributed by atoms with van der Waals surface area (Å²) in [6.07, 6.45) is 0.886. The van der Waals surface area contributed by atoms with Gasteiger partial charge in [0.15, 0.2) is 11.5 Å². The van der Waals surface area contributed by atoms with Gasteiger partial charge in [0.2, 0.25) is 0 Å². The fraction of sp³-hybridized carbons (Fsp3) is 0.467. The zero-order chi connectivity index (χ0) is 13.5. The molecule has 0 fully saturated rings. The summed E-state index contributed by atoms with van der Waals surface area (Å²) >= 11 is 0. The molecule has 0 heterocycles. The molecule has 0 amide bonds. The van der Waals surface area contributed by atoms with Crippen molar-refractivity contribution < 1.29 is 9.47 Å². The van der Waals surface area contributed by atoms with Crippen molar-refractivity contribution in [3.8, 4) is 11.5 Å². The number of rotatable bonds is 7. The molecule has 0 aliphatic heterocycles. The van der Waals surface area contributed by atoms with Crippen LogP contribution in [0.2, 0.25) is 0 Å². The summed E-state index contributed by atoms with van der Waals surface area (Å²) in [6, 6.07) is 6.17. The fourth-order valence-electron chi connectivity index (χ4n) is 2.07. The van der Waals surface area contributed by atoms with E-state index in [2.05, 4.69) is 24.9 Å². The van der Waals surface area contributed by atoms with Crippen molar-refractivity contribution in [3.63, 3.8) is 0 Å². The number of hydrogen-bond donors (Lipinski definition) is 1. The van der Waals surface area contributed by atoms with Crippen LogP contribution in [0.5, 0.6) is 11.5 Å². The Kier molecular flexibility index (Phi) is 5.72. The zero-order valence-electron chi connectivity index (χ0n) is 11.7. The van der Waals surface area contributed by atoms with Gasteiger partial charge in [0.1, 0.15) is 0 Å². The monoisotopic (exact) mass is 249 g/mol. The standard InChI is InChI=1S/C15H23NO2/c1-6-16-13(10-11(2)3)12-8-7-9-14(17-4)15(12)18-5/h7-9,13,16H,2,6,10H2,1,3-5H3. The average molecular weight is 249 g/mol. The van der Waals surface area contributed by atoms with Gasteiger partial charge in [-0.2, -0.15) is 0 Å². The van der Waals surface area contributed by atoms with Gasteiger partial charge in [0, 0.05) is 11.6 Å². The lowest BCUT2D eigenvalue weighted by Crippen LogP contribution is -2.21. The van der Waals surface area contributed by atoms with Gasteiger partial charge in [-0.3, -0.25) is 0 Å². The van der Waals surface area contributed by atoms with E-state index in [4.69, 9.17) is 9.47 Å². The zero-order valence-corrected chi connectivity index (χ0v) is 11.7. The van der Waals surface area contributed by atoms with Crippen LogP contribution in [0, 0.1) is 0 Å². The van der Waals surface area contributed by atoms with Gasteiger partial charge in [-0.1, -0.05) is 24.6 Å². The molecule has 0 aliphatic rings. The molecule has 0 saturated carbocycles. The van der Waals surface area contributed by atoms with E-state index in [1.807, 2.05) is 19.1 Å². The lowest BCUT2D eigenvalue weighted by Gasteiger charge is -2.22. The van der Waals surface area contributed by atoms with Crippen LogP contribution in [0.15, 0.2) is 30.4 Å². The second-order valence-corrected chi connectivity index (χ2v) is 4.35. The van der Waals surface area contributed by atoms with Crippen LogP contribution in [-0.4, -0.2) is 20.8 Å². The Labute approximate surface area is 110 Å². The number of hydrogen-bond acceptors (Lipinski definition) is 3. The molecular formula is C15H23NO2. The van der Waals surface area contributed by atoms with Crippen LogP contribution in [0.25, 0.3) is 0 Å². The van der Waals surface area contributed by atoms with E-state index >= 15 is 0 Å². The highest BCUT2D eigenvalue weighted by atomic mass is 16.5. The molecule has 1 unspecified atom stereocenters. The fourth-order valence-corrected chi connectivity index (χ4v) is 2.07. The molecule has 1 atom stereocenters. The van der Waals surface area contributed by atoms with Crippen molar-refractivity contribution >= 4 is 0 Å². The van der Waals surface area contributed by atoms with Crippen LogP contribution in [-0.2, 0) is 0 Å². The van der Waals surface area contributed by atoms with Crippen molar-refractivity contribution in [2.45, 2.75) is 26.3 Å². The van der Waals surface area contributed by atoms with E-state index in [0.29, 0.717) is 0 Å². The van der Waals surface area contributed by atoms with E-state index < -0.39 is 0 Å². The molecule has 100 valence electrons. The second-order valence-electron chi connectivity index (χ2n) is 4.35. The first-order valence-electron chi connectivity index (χ1n) is 6.22. The van der Waals surface area contributed by atoms with Gasteiger partial charge in [0.05, 0.1) is 14.2 Å². The van der Waals surface area contributed by atoms with E-state index in [1.165, 1.54) is 0 Å². The molecule has 1 rings (SSSR count). The normalized spacial score (nSPS) is 12.0. The van der Waals surface area contributed by atoms with Crippen LogP contribution >= 0.6 is 0 Å². The predicted octanol–water partition coefficient (Wildman–Crippen LogP) is 3.32. The van der Waals surface area contributed by atoms with E-state index in [0.717, 1.165) is 35.6 Å². The van der Waals surface area contributed by atoms with Crippen molar-refractivity contribution in [3.05, 3.63) is 35.9 Å². The third-order valence-electron chi connectivity index (χ3n) is 2.81. The van der Waals surface area contributed by atoms with Crippen LogP contribution in [0.4, 0.5) is 0 Å². The third-order valence-corrected chi connectivity index (χ3v) is 2.81. The van der Waals surface area contributed by atoms with Gasteiger partial charge >= 0.3 is 0 Å². The Bertz CT molecular complexity index is 401. The van der Waals surface area contributed by atoms with Crippen molar-refractivity contribution in [2.24, 2.45) is 0 Å². The van der Waals surface area contributed by atoms with Gasteiger partial charge < -0.3 is 14.8 Å². The van der Waals surface area contributed by atoms with E-state index in [9.17, 15) is 0 Å². The van der Waals surface area contributed by atoms with Crippen LogP contribution in [0.1, 0.15) is 31.9 Å². The van der Waals surface area contributed by atoms with E-state index in [1.54, 1.807) is 14.2 Å². The highest BCUT2D eigenvalue weighted by Gasteiger charge is 2.18. The number of para-hydroxylation sites is 1. The molecule has 0 saturated heterocycles. The summed E-state index contributed by atoms with van der Waals surface area (Å²) in [5.41, 5.74) is 2.26. The lowest BCUT2D eigenvalue weighted by molar-refractivity contribution is 0.346. The topological polar surface area (TPSA) is 30.5 Å². The SMILES string of the molecule is C=C(C)CC(NCC)c1cccc(OC)c1OC. The molecular weight excluding hydrogens is 226 g/mol. The second kappa shape index (κ2) is 7.07. The van der Waals surface area contributed by atoms with Crippen LogP contribution < -0.4 is 14.8 Å². The quantitative estimate of drug-likeness (QED) is 0.752. The Morgan fingerprint density at radius 1 is 1.33 bits per heavy atom. The summed E-state index contributed by atoms with van der Waals surface area (Å²) in [5, 5.41) is 3.46. The highest BCUT2D eigenvalue weighted by Crippen LogP contribution is 2.36. The molecule has 1 aromatic carbocycles. The smallest absolute Gasteiger partial charge is 0.165 e. The van der Waals surface area contributed by atoms with E-state index in [-0.39, 0.29) is 6.04 Å². The summed E-state index contributed by atoms with van der Waals surface area (Å²) in [4.78, 5) is 0. The largest absolute Gasteiger partial charge is 0.493 e. The Hall–Kier alpha value is -1.48. The molecule has 0 bridgehead atoms. The van der Waals surface area contributed by atoms with Crippen molar-refractivity contribution in [2.75, 3.05) is 20.8 Å². The maximum atomic E-state index is 5.48. The molecule has 18 heavy (non-hydrogen) atoms. The molecule has 0 aromatic heterocycles.